The zero-order valence-electron chi connectivity index (χ0n) is 8.30. The van der Waals surface area contributed by atoms with Crippen LogP contribution in [0.4, 0.5) is 5.82 Å². The van der Waals surface area contributed by atoms with Crippen molar-refractivity contribution in [2.24, 2.45) is 0 Å². The molecule has 0 aliphatic heterocycles. The van der Waals surface area contributed by atoms with Crippen molar-refractivity contribution in [2.75, 3.05) is 11.9 Å². The van der Waals surface area contributed by atoms with Crippen LogP contribution in [-0.4, -0.2) is 21.7 Å². The molecule has 0 bridgehead atoms. The number of nitrogens with one attached hydrogen (secondary N) is 1. The van der Waals surface area contributed by atoms with Crippen LogP contribution in [-0.2, 0) is 6.42 Å². The molecule has 0 aliphatic carbocycles. The lowest BCUT2D eigenvalue weighted by Crippen LogP contribution is -2.06. The fourth-order valence-corrected chi connectivity index (χ4v) is 1.28. The quantitative estimate of drug-likeness (QED) is 0.813. The van der Waals surface area contributed by atoms with Gasteiger partial charge in [-0.3, -0.25) is 4.98 Å². The molecule has 2 rings (SSSR count). The lowest BCUT2D eigenvalue weighted by atomic mass is 10.2. The van der Waals surface area contributed by atoms with Crippen molar-refractivity contribution >= 4 is 5.82 Å². The molecule has 0 saturated heterocycles. The molecule has 15 heavy (non-hydrogen) atoms. The minimum Gasteiger partial charge on any atom is -0.368 e. The first-order valence-corrected chi connectivity index (χ1v) is 4.85. The Balaban J connectivity index is 1.81. The van der Waals surface area contributed by atoms with Crippen molar-refractivity contribution in [3.8, 4) is 0 Å². The molecule has 0 saturated carbocycles. The highest BCUT2D eigenvalue weighted by molar-refractivity contribution is 5.31. The number of aromatic nitrogens is 3. The molecule has 0 atom stereocenters. The minimum absolute atomic E-state index is 0.807. The van der Waals surface area contributed by atoms with Crippen molar-refractivity contribution in [3.63, 3.8) is 0 Å². The summed E-state index contributed by atoms with van der Waals surface area (Å²) in [6, 6.07) is 7.76. The van der Waals surface area contributed by atoms with Crippen molar-refractivity contribution in [2.45, 2.75) is 6.42 Å². The second-order valence-corrected chi connectivity index (χ2v) is 3.15. The van der Waals surface area contributed by atoms with Gasteiger partial charge < -0.3 is 5.32 Å². The molecule has 4 heteroatoms. The monoisotopic (exact) mass is 200 g/mol. The maximum absolute atomic E-state index is 4.05. The number of hydrogen-bond donors (Lipinski definition) is 1. The van der Waals surface area contributed by atoms with Gasteiger partial charge in [-0.2, -0.15) is 5.10 Å². The van der Waals surface area contributed by atoms with Gasteiger partial charge in [0.2, 0.25) is 0 Å². The number of anilines is 1. The van der Waals surface area contributed by atoms with Crippen molar-refractivity contribution in [3.05, 3.63) is 48.4 Å². The maximum Gasteiger partial charge on any atom is 0.148 e. The van der Waals surface area contributed by atoms with Gasteiger partial charge in [0.05, 0.1) is 0 Å². The van der Waals surface area contributed by atoms with E-state index in [4.69, 9.17) is 0 Å². The molecule has 2 heterocycles. The highest BCUT2D eigenvalue weighted by Crippen LogP contribution is 2.00. The normalized spacial score (nSPS) is 9.87. The van der Waals surface area contributed by atoms with Crippen LogP contribution in [0.2, 0.25) is 0 Å². The van der Waals surface area contributed by atoms with Crippen LogP contribution >= 0.6 is 0 Å². The fraction of sp³-hybridized carbons (Fsp3) is 0.182. The van der Waals surface area contributed by atoms with Crippen LogP contribution in [0.1, 0.15) is 5.56 Å². The number of hydrogen-bond acceptors (Lipinski definition) is 4. The van der Waals surface area contributed by atoms with Gasteiger partial charge in [0.1, 0.15) is 5.82 Å². The van der Waals surface area contributed by atoms with Crippen LogP contribution in [0.25, 0.3) is 0 Å². The van der Waals surface area contributed by atoms with Crippen LogP contribution in [0.3, 0.4) is 0 Å². The average molecular weight is 200 g/mol. The topological polar surface area (TPSA) is 50.7 Å². The molecule has 0 fully saturated rings. The zero-order chi connectivity index (χ0) is 10.3. The Morgan fingerprint density at radius 2 is 2.07 bits per heavy atom. The number of nitrogens with zero attached hydrogens (tertiary/aromatic N) is 3. The summed E-state index contributed by atoms with van der Waals surface area (Å²) in [5.74, 6) is 0.807. The molecular formula is C11H12N4. The van der Waals surface area contributed by atoms with Crippen molar-refractivity contribution in [1.82, 2.24) is 15.2 Å². The standard InChI is InChI=1S/C11H12N4/c1-3-10(9-12-6-1)5-8-13-11-4-2-7-14-15-11/h1-4,6-7,9H,5,8H2,(H,13,15). The molecule has 0 radical (unpaired) electrons. The third kappa shape index (κ3) is 3.02. The summed E-state index contributed by atoms with van der Waals surface area (Å²) in [4.78, 5) is 4.05. The van der Waals surface area contributed by atoms with E-state index in [0.717, 1.165) is 18.8 Å². The Morgan fingerprint density at radius 3 is 2.80 bits per heavy atom. The van der Waals surface area contributed by atoms with Crippen molar-refractivity contribution < 1.29 is 0 Å². The van der Waals surface area contributed by atoms with Crippen LogP contribution in [0.15, 0.2) is 42.9 Å². The second kappa shape index (κ2) is 5.05. The van der Waals surface area contributed by atoms with Gasteiger partial charge in [-0.1, -0.05) is 6.07 Å². The molecule has 0 aromatic carbocycles. The van der Waals surface area contributed by atoms with Gasteiger partial charge in [0.15, 0.2) is 0 Å². The summed E-state index contributed by atoms with van der Waals surface area (Å²) in [6.07, 6.45) is 6.24. The van der Waals surface area contributed by atoms with Gasteiger partial charge in [-0.05, 0) is 30.2 Å². The fourth-order valence-electron chi connectivity index (χ4n) is 1.28. The number of pyridine rings is 1. The van der Waals surface area contributed by atoms with E-state index < -0.39 is 0 Å². The predicted molar refractivity (Wildman–Crippen MR) is 58.5 cm³/mol. The molecule has 76 valence electrons. The molecule has 2 aromatic heterocycles. The lowest BCUT2D eigenvalue weighted by molar-refractivity contribution is 0.961. The van der Waals surface area contributed by atoms with E-state index >= 15 is 0 Å². The summed E-state index contributed by atoms with van der Waals surface area (Å²) < 4.78 is 0. The zero-order valence-corrected chi connectivity index (χ0v) is 8.30. The molecule has 4 nitrogen and oxygen atoms in total. The Hall–Kier alpha value is -1.97. The summed E-state index contributed by atoms with van der Waals surface area (Å²) in [5, 5.41) is 10.9. The SMILES string of the molecule is c1cncc(CCNc2cccnn2)c1. The first kappa shape index (κ1) is 9.58. The van der Waals surface area contributed by atoms with Gasteiger partial charge in [-0.15, -0.1) is 5.10 Å². The summed E-state index contributed by atoms with van der Waals surface area (Å²) in [5.41, 5.74) is 1.22. The van der Waals surface area contributed by atoms with E-state index in [9.17, 15) is 0 Å². The molecule has 1 N–H and O–H groups in total. The molecular weight excluding hydrogens is 188 g/mol. The first-order valence-electron chi connectivity index (χ1n) is 4.85. The second-order valence-electron chi connectivity index (χ2n) is 3.15. The summed E-state index contributed by atoms with van der Waals surface area (Å²) in [6.45, 7) is 0.838. The predicted octanol–water partition coefficient (Wildman–Crippen LogP) is 1.53. The third-order valence-electron chi connectivity index (χ3n) is 2.01. The highest BCUT2D eigenvalue weighted by atomic mass is 15.2. The largest absolute Gasteiger partial charge is 0.368 e. The van der Waals surface area contributed by atoms with E-state index in [1.54, 1.807) is 12.4 Å². The molecule has 0 amide bonds. The Morgan fingerprint density at radius 1 is 1.13 bits per heavy atom. The van der Waals surface area contributed by atoms with Gasteiger partial charge in [-0.25, -0.2) is 0 Å². The summed E-state index contributed by atoms with van der Waals surface area (Å²) in [7, 11) is 0. The lowest BCUT2D eigenvalue weighted by Gasteiger charge is -2.03. The average Bonchev–Trinajstić information content (AvgIpc) is 2.32. The number of rotatable bonds is 4. The molecule has 0 aliphatic rings. The Labute approximate surface area is 88.4 Å². The minimum atomic E-state index is 0.807. The van der Waals surface area contributed by atoms with Crippen LogP contribution < -0.4 is 5.32 Å². The van der Waals surface area contributed by atoms with Gasteiger partial charge in [0, 0.05) is 25.1 Å². The molecule has 2 aromatic rings. The smallest absolute Gasteiger partial charge is 0.148 e. The highest BCUT2D eigenvalue weighted by Gasteiger charge is 1.93. The van der Waals surface area contributed by atoms with E-state index in [0.29, 0.717) is 0 Å². The maximum atomic E-state index is 4.05. The van der Waals surface area contributed by atoms with E-state index in [2.05, 4.69) is 26.6 Å². The van der Waals surface area contributed by atoms with E-state index in [-0.39, 0.29) is 0 Å². The van der Waals surface area contributed by atoms with E-state index in [1.165, 1.54) is 5.56 Å². The third-order valence-corrected chi connectivity index (χ3v) is 2.01. The van der Waals surface area contributed by atoms with Crippen LogP contribution in [0, 0.1) is 0 Å². The molecule has 0 spiro atoms. The first-order chi connectivity index (χ1) is 7.45. The van der Waals surface area contributed by atoms with Crippen LogP contribution in [0.5, 0.6) is 0 Å². The molecule has 0 unspecified atom stereocenters. The Bertz CT molecular complexity index is 348. The Kier molecular flexibility index (Phi) is 3.22. The van der Waals surface area contributed by atoms with E-state index in [1.807, 2.05) is 24.4 Å². The van der Waals surface area contributed by atoms with Gasteiger partial charge in [0.25, 0.3) is 0 Å². The van der Waals surface area contributed by atoms with Gasteiger partial charge >= 0.3 is 0 Å². The summed E-state index contributed by atoms with van der Waals surface area (Å²) >= 11 is 0. The van der Waals surface area contributed by atoms with Crippen molar-refractivity contribution in [1.29, 1.82) is 0 Å².